The molecule has 0 saturated heterocycles. The van der Waals surface area contributed by atoms with E-state index in [0.29, 0.717) is 6.42 Å². The summed E-state index contributed by atoms with van der Waals surface area (Å²) >= 11 is 0. The molecule has 0 bridgehead atoms. The first-order chi connectivity index (χ1) is 13.6. The number of carbonyl (C=O) groups excluding carboxylic acids is 2. The van der Waals surface area contributed by atoms with Crippen molar-refractivity contribution < 1.29 is 19.2 Å². The highest BCUT2D eigenvalue weighted by molar-refractivity contribution is 5.97. The minimum absolute atomic E-state index is 0.0198. The summed E-state index contributed by atoms with van der Waals surface area (Å²) in [5.41, 5.74) is 2.11. The third kappa shape index (κ3) is 6.14. The summed E-state index contributed by atoms with van der Waals surface area (Å²) in [5.74, 6) is -0.967. The second kappa shape index (κ2) is 9.32. The molecule has 1 N–H and O–H groups in total. The second-order valence-corrected chi connectivity index (χ2v) is 7.70. The molecular weight excluding hydrogens is 372 g/mol. The van der Waals surface area contributed by atoms with Crippen molar-refractivity contribution in [3.8, 4) is 0 Å². The van der Waals surface area contributed by atoms with Crippen LogP contribution in [-0.2, 0) is 21.4 Å². The van der Waals surface area contributed by atoms with Crippen LogP contribution in [0.1, 0.15) is 55.6 Å². The number of anilines is 1. The van der Waals surface area contributed by atoms with Crippen molar-refractivity contribution in [3.05, 3.63) is 69.3 Å². The van der Waals surface area contributed by atoms with Gasteiger partial charge in [-0.25, -0.2) is 4.79 Å². The molecule has 2 rings (SSSR count). The van der Waals surface area contributed by atoms with Gasteiger partial charge in [-0.15, -0.1) is 0 Å². The van der Waals surface area contributed by atoms with Crippen LogP contribution in [0.5, 0.6) is 0 Å². The van der Waals surface area contributed by atoms with Gasteiger partial charge in [0.2, 0.25) is 5.91 Å². The Morgan fingerprint density at radius 3 is 2.31 bits per heavy atom. The molecule has 0 heterocycles. The van der Waals surface area contributed by atoms with E-state index in [4.69, 9.17) is 4.74 Å². The van der Waals surface area contributed by atoms with Crippen molar-refractivity contribution in [3.63, 3.8) is 0 Å². The van der Waals surface area contributed by atoms with Crippen molar-refractivity contribution in [2.75, 3.05) is 11.9 Å². The average Bonchev–Trinajstić information content (AvgIpc) is 2.66. The number of hydrogen-bond acceptors (Lipinski definition) is 5. The number of nitro benzene ring substituents is 1. The summed E-state index contributed by atoms with van der Waals surface area (Å²) in [7, 11) is 0. The lowest BCUT2D eigenvalue weighted by Gasteiger charge is -2.19. The maximum atomic E-state index is 12.3. The number of carbonyl (C=O) groups is 2. The third-order valence-electron chi connectivity index (χ3n) is 4.44. The van der Waals surface area contributed by atoms with Crippen LogP contribution in [0.3, 0.4) is 0 Å². The molecule has 0 atom stereocenters. The van der Waals surface area contributed by atoms with E-state index in [1.54, 1.807) is 6.92 Å². The smallest absolute Gasteiger partial charge is 0.338 e. The van der Waals surface area contributed by atoms with Gasteiger partial charge in [-0.2, -0.15) is 0 Å². The Morgan fingerprint density at radius 2 is 1.76 bits per heavy atom. The molecule has 0 fully saturated rings. The molecule has 0 radical (unpaired) electrons. The average molecular weight is 398 g/mol. The van der Waals surface area contributed by atoms with Gasteiger partial charge in [-0.05, 0) is 42.0 Å². The molecule has 0 aliphatic heterocycles. The number of amides is 1. The van der Waals surface area contributed by atoms with E-state index in [2.05, 4.69) is 26.1 Å². The van der Waals surface area contributed by atoms with Gasteiger partial charge in [0.05, 0.1) is 17.1 Å². The first-order valence-electron chi connectivity index (χ1n) is 9.46. The number of benzene rings is 2. The summed E-state index contributed by atoms with van der Waals surface area (Å²) in [6.07, 6.45) is 0.664. The van der Waals surface area contributed by atoms with Crippen molar-refractivity contribution in [1.29, 1.82) is 0 Å². The number of nitrogens with zero attached hydrogens (tertiary/aromatic N) is 1. The normalized spacial score (nSPS) is 11.0. The van der Waals surface area contributed by atoms with E-state index in [9.17, 15) is 19.7 Å². The fraction of sp³-hybridized carbons (Fsp3) is 0.364. The topological polar surface area (TPSA) is 98.5 Å². The van der Waals surface area contributed by atoms with Gasteiger partial charge in [0, 0.05) is 12.5 Å². The standard InChI is InChI=1S/C22H26N2O5/c1-5-29-21(26)16-9-12-19(24(27)28)18(14-16)23-20(25)13-8-15-6-10-17(11-7-15)22(2,3)4/h6-7,9-12,14H,5,8,13H2,1-4H3,(H,23,25). The Morgan fingerprint density at radius 1 is 1.10 bits per heavy atom. The molecule has 0 aliphatic rings. The van der Waals surface area contributed by atoms with Gasteiger partial charge >= 0.3 is 5.97 Å². The number of ether oxygens (including phenoxy) is 1. The summed E-state index contributed by atoms with van der Waals surface area (Å²) in [4.78, 5) is 34.9. The van der Waals surface area contributed by atoms with Crippen LogP contribution in [-0.4, -0.2) is 23.4 Å². The summed E-state index contributed by atoms with van der Waals surface area (Å²) < 4.78 is 4.91. The van der Waals surface area contributed by atoms with Crippen LogP contribution in [0, 0.1) is 10.1 Å². The third-order valence-corrected chi connectivity index (χ3v) is 4.44. The van der Waals surface area contributed by atoms with E-state index in [0.717, 1.165) is 5.56 Å². The van der Waals surface area contributed by atoms with Gasteiger partial charge in [-0.1, -0.05) is 45.0 Å². The molecule has 2 aromatic rings. The first kappa shape index (κ1) is 22.1. The first-order valence-corrected chi connectivity index (χ1v) is 9.46. The minimum Gasteiger partial charge on any atom is -0.462 e. The zero-order valence-electron chi connectivity index (χ0n) is 17.2. The van der Waals surface area contributed by atoms with Crippen LogP contribution in [0.2, 0.25) is 0 Å². The fourth-order valence-corrected chi connectivity index (χ4v) is 2.78. The molecule has 2 aromatic carbocycles. The van der Waals surface area contributed by atoms with Gasteiger partial charge < -0.3 is 10.1 Å². The van der Waals surface area contributed by atoms with Crippen LogP contribution in [0.25, 0.3) is 0 Å². The molecule has 0 unspecified atom stereocenters. The number of hydrogen-bond donors (Lipinski definition) is 1. The maximum Gasteiger partial charge on any atom is 0.338 e. The van der Waals surface area contributed by atoms with E-state index in [1.807, 2.05) is 24.3 Å². The summed E-state index contributed by atoms with van der Waals surface area (Å²) in [6.45, 7) is 8.25. The minimum atomic E-state index is -0.601. The quantitative estimate of drug-likeness (QED) is 0.416. The number of nitrogens with one attached hydrogen (secondary N) is 1. The molecule has 1 amide bonds. The van der Waals surface area contributed by atoms with E-state index >= 15 is 0 Å². The van der Waals surface area contributed by atoms with E-state index < -0.39 is 10.9 Å². The maximum absolute atomic E-state index is 12.3. The van der Waals surface area contributed by atoms with Crippen molar-refractivity contribution >= 4 is 23.3 Å². The number of rotatable bonds is 7. The van der Waals surface area contributed by atoms with Gasteiger partial charge in [0.1, 0.15) is 5.69 Å². The molecule has 0 saturated carbocycles. The van der Waals surface area contributed by atoms with Gasteiger partial charge in [0.15, 0.2) is 0 Å². The monoisotopic (exact) mass is 398 g/mol. The van der Waals surface area contributed by atoms with Crippen molar-refractivity contribution in [2.45, 2.75) is 46.0 Å². The Kier molecular flexibility index (Phi) is 7.09. The Balaban J connectivity index is 2.08. The van der Waals surface area contributed by atoms with Crippen LogP contribution in [0.4, 0.5) is 11.4 Å². The number of aryl methyl sites for hydroxylation is 1. The predicted molar refractivity (Wildman–Crippen MR) is 111 cm³/mol. The lowest BCUT2D eigenvalue weighted by Crippen LogP contribution is -2.15. The Bertz CT molecular complexity index is 898. The van der Waals surface area contributed by atoms with Crippen molar-refractivity contribution in [1.82, 2.24) is 0 Å². The fourth-order valence-electron chi connectivity index (χ4n) is 2.78. The highest BCUT2D eigenvalue weighted by atomic mass is 16.6. The molecule has 0 aromatic heterocycles. The largest absolute Gasteiger partial charge is 0.462 e. The molecular formula is C22H26N2O5. The lowest BCUT2D eigenvalue weighted by atomic mass is 9.86. The van der Waals surface area contributed by atoms with Gasteiger partial charge in [-0.3, -0.25) is 14.9 Å². The zero-order valence-corrected chi connectivity index (χ0v) is 17.2. The zero-order chi connectivity index (χ0) is 21.6. The SMILES string of the molecule is CCOC(=O)c1ccc([N+](=O)[O-])c(NC(=O)CCc2ccc(C(C)(C)C)cc2)c1. The number of esters is 1. The molecule has 0 aliphatic carbocycles. The molecule has 154 valence electrons. The van der Waals surface area contributed by atoms with Crippen molar-refractivity contribution in [2.24, 2.45) is 0 Å². The summed E-state index contributed by atoms with van der Waals surface area (Å²) in [5, 5.41) is 13.8. The van der Waals surface area contributed by atoms with Crippen LogP contribution in [0.15, 0.2) is 42.5 Å². The Labute approximate surface area is 170 Å². The highest BCUT2D eigenvalue weighted by Crippen LogP contribution is 2.26. The number of nitro groups is 1. The van der Waals surface area contributed by atoms with E-state index in [-0.39, 0.29) is 41.3 Å². The highest BCUT2D eigenvalue weighted by Gasteiger charge is 2.19. The molecule has 0 spiro atoms. The van der Waals surface area contributed by atoms with Crippen LogP contribution < -0.4 is 5.32 Å². The predicted octanol–water partition coefficient (Wildman–Crippen LogP) is 4.64. The lowest BCUT2D eigenvalue weighted by molar-refractivity contribution is -0.383. The molecule has 7 heteroatoms. The van der Waals surface area contributed by atoms with Crippen LogP contribution >= 0.6 is 0 Å². The van der Waals surface area contributed by atoms with E-state index in [1.165, 1.54) is 23.8 Å². The summed E-state index contributed by atoms with van der Waals surface area (Å²) in [6, 6.07) is 11.8. The molecule has 29 heavy (non-hydrogen) atoms. The second-order valence-electron chi connectivity index (χ2n) is 7.70. The van der Waals surface area contributed by atoms with Gasteiger partial charge in [0.25, 0.3) is 5.69 Å². The Hall–Kier alpha value is -3.22. The molecule has 7 nitrogen and oxygen atoms in total.